The van der Waals surface area contributed by atoms with Gasteiger partial charge in [-0.1, -0.05) is 11.6 Å². The van der Waals surface area contributed by atoms with Gasteiger partial charge in [0.1, 0.15) is 11.5 Å². The second-order valence-corrected chi connectivity index (χ2v) is 9.68. The maximum absolute atomic E-state index is 13.8. The number of piperazine rings is 1. The molecule has 1 spiro atoms. The molecule has 29 heavy (non-hydrogen) atoms. The smallest absolute Gasteiger partial charge is 0.270 e. The first kappa shape index (κ1) is 18.1. The van der Waals surface area contributed by atoms with Crippen molar-refractivity contribution < 1.29 is 9.18 Å². The number of carbonyl (C=O) groups excluding carboxylic acids is 1. The van der Waals surface area contributed by atoms with Crippen LogP contribution < -0.4 is 5.43 Å². The summed E-state index contributed by atoms with van der Waals surface area (Å²) in [6, 6.07) is 5.54. The molecule has 2 aromatic rings. The van der Waals surface area contributed by atoms with Crippen LogP contribution in [-0.2, 0) is 0 Å². The maximum Gasteiger partial charge on any atom is 0.270 e. The lowest BCUT2D eigenvalue weighted by molar-refractivity contribution is 0.0164. The van der Waals surface area contributed by atoms with Crippen LogP contribution in [0, 0.1) is 11.7 Å². The largest absolute Gasteiger partial charge is 0.350 e. The molecule has 3 atom stereocenters. The second kappa shape index (κ2) is 6.17. The van der Waals surface area contributed by atoms with Crippen molar-refractivity contribution in [2.75, 3.05) is 33.2 Å². The number of piperidine rings is 1. The lowest BCUT2D eigenvalue weighted by atomic mass is 9.86. The highest BCUT2D eigenvalue weighted by Gasteiger charge is 2.57. The van der Waals surface area contributed by atoms with Crippen molar-refractivity contribution in [3.63, 3.8) is 0 Å². The van der Waals surface area contributed by atoms with E-state index in [0.29, 0.717) is 40.1 Å². The number of likely N-dealkylation sites (tertiary alicyclic amines) is 1. The van der Waals surface area contributed by atoms with E-state index in [0.717, 1.165) is 32.6 Å². The van der Waals surface area contributed by atoms with Crippen LogP contribution in [0.25, 0.3) is 10.9 Å². The van der Waals surface area contributed by atoms with E-state index in [4.69, 9.17) is 11.6 Å². The molecule has 1 aromatic carbocycles. The first-order valence-electron chi connectivity index (χ1n) is 10.4. The normalized spacial score (nSPS) is 31.3. The molecular formula is C21H25ClFN5O. The number of nitrogens with one attached hydrogen (secondary N) is 2. The summed E-state index contributed by atoms with van der Waals surface area (Å²) in [7, 11) is 2.25. The Balaban J connectivity index is 1.22. The van der Waals surface area contributed by atoms with Gasteiger partial charge in [-0.3, -0.25) is 15.1 Å². The van der Waals surface area contributed by atoms with Gasteiger partial charge in [-0.2, -0.15) is 0 Å². The van der Waals surface area contributed by atoms with Crippen LogP contribution >= 0.6 is 11.6 Å². The van der Waals surface area contributed by atoms with Crippen LogP contribution in [0.5, 0.6) is 0 Å². The van der Waals surface area contributed by atoms with E-state index < -0.39 is 5.82 Å². The van der Waals surface area contributed by atoms with E-state index >= 15 is 0 Å². The van der Waals surface area contributed by atoms with Gasteiger partial charge in [-0.05, 0) is 44.5 Å². The van der Waals surface area contributed by atoms with E-state index in [2.05, 4.69) is 27.4 Å². The summed E-state index contributed by atoms with van der Waals surface area (Å²) < 4.78 is 13.8. The molecule has 3 saturated heterocycles. The number of aromatic amines is 1. The number of fused-ring (bicyclic) bond motifs is 4. The first-order valence-corrected chi connectivity index (χ1v) is 10.8. The monoisotopic (exact) mass is 417 g/mol. The van der Waals surface area contributed by atoms with Gasteiger partial charge < -0.3 is 9.88 Å². The van der Waals surface area contributed by atoms with E-state index in [1.54, 1.807) is 12.1 Å². The molecule has 4 aliphatic rings. The Morgan fingerprint density at radius 2 is 2.10 bits per heavy atom. The molecule has 6 rings (SSSR count). The summed E-state index contributed by atoms with van der Waals surface area (Å²) in [6.45, 7) is 3.63. The number of hydrogen-bond donors (Lipinski definition) is 2. The molecule has 0 radical (unpaired) electrons. The number of halogens is 2. The number of nitrogens with zero attached hydrogens (tertiary/aromatic N) is 3. The van der Waals surface area contributed by atoms with Crippen molar-refractivity contribution in [2.24, 2.45) is 5.92 Å². The highest BCUT2D eigenvalue weighted by atomic mass is 35.5. The summed E-state index contributed by atoms with van der Waals surface area (Å²) in [5.41, 5.74) is 5.32. The van der Waals surface area contributed by atoms with Gasteiger partial charge in [-0.25, -0.2) is 9.40 Å². The quantitative estimate of drug-likeness (QED) is 0.748. The standard InChI is InChI=1S/C21H25ClFN5O/c1-26-10-19-13-9-27(5-2-16(13)25-28(19)11-21(26)3-4-21)20(29)18-7-12-6-15(23)14(22)8-17(12)24-18/h6-8,13,16,19,24-25H,2-5,9-11H2,1H3. The van der Waals surface area contributed by atoms with Crippen LogP contribution in [0.4, 0.5) is 4.39 Å². The van der Waals surface area contributed by atoms with Crippen LogP contribution in [0.2, 0.25) is 5.02 Å². The van der Waals surface area contributed by atoms with Crippen molar-refractivity contribution in [3.8, 4) is 0 Å². The van der Waals surface area contributed by atoms with Crippen molar-refractivity contribution in [3.05, 3.63) is 34.7 Å². The molecule has 4 fully saturated rings. The minimum atomic E-state index is -0.468. The van der Waals surface area contributed by atoms with Gasteiger partial charge in [0.2, 0.25) is 0 Å². The summed E-state index contributed by atoms with van der Waals surface area (Å²) >= 11 is 5.88. The van der Waals surface area contributed by atoms with E-state index in [1.165, 1.54) is 18.9 Å². The molecule has 6 nitrogen and oxygen atoms in total. The zero-order valence-corrected chi connectivity index (χ0v) is 17.2. The number of hydrazine groups is 1. The summed E-state index contributed by atoms with van der Waals surface area (Å²) in [5, 5.41) is 3.19. The Labute approximate surface area is 173 Å². The minimum Gasteiger partial charge on any atom is -0.350 e. The van der Waals surface area contributed by atoms with E-state index in [9.17, 15) is 9.18 Å². The second-order valence-electron chi connectivity index (χ2n) is 9.28. The molecule has 1 amide bonds. The Morgan fingerprint density at radius 3 is 2.90 bits per heavy atom. The number of hydrogen-bond acceptors (Lipinski definition) is 4. The van der Waals surface area contributed by atoms with Gasteiger partial charge in [0.15, 0.2) is 0 Å². The fourth-order valence-electron chi connectivity index (χ4n) is 5.66. The Bertz CT molecular complexity index is 965. The van der Waals surface area contributed by atoms with Crippen LogP contribution in [0.15, 0.2) is 18.2 Å². The number of amides is 1. The number of likely N-dealkylation sites (N-methyl/N-ethyl adjacent to an activating group) is 1. The molecule has 4 heterocycles. The van der Waals surface area contributed by atoms with E-state index in [1.807, 2.05) is 4.90 Å². The molecule has 0 bridgehead atoms. The molecule has 3 aliphatic heterocycles. The molecule has 1 aliphatic carbocycles. The topological polar surface area (TPSA) is 54.6 Å². The lowest BCUT2D eigenvalue weighted by Gasteiger charge is -2.44. The van der Waals surface area contributed by atoms with Crippen molar-refractivity contribution in [2.45, 2.75) is 36.9 Å². The third-order valence-electron chi connectivity index (χ3n) is 7.63. The molecule has 1 saturated carbocycles. The van der Waals surface area contributed by atoms with Gasteiger partial charge in [0.05, 0.1) is 5.02 Å². The van der Waals surface area contributed by atoms with Gasteiger partial charge in [-0.15, -0.1) is 0 Å². The van der Waals surface area contributed by atoms with Gasteiger partial charge in [0.25, 0.3) is 5.91 Å². The Morgan fingerprint density at radius 1 is 1.28 bits per heavy atom. The van der Waals surface area contributed by atoms with Crippen LogP contribution in [-0.4, -0.2) is 76.5 Å². The Kier molecular flexibility index (Phi) is 3.86. The predicted octanol–water partition coefficient (Wildman–Crippen LogP) is 2.46. The van der Waals surface area contributed by atoms with Crippen molar-refractivity contribution in [1.82, 2.24) is 25.2 Å². The van der Waals surface area contributed by atoms with Crippen molar-refractivity contribution >= 4 is 28.4 Å². The number of aromatic nitrogens is 1. The molecule has 1 aromatic heterocycles. The molecule has 8 heteroatoms. The molecular weight excluding hydrogens is 393 g/mol. The Hall–Kier alpha value is -1.67. The lowest BCUT2D eigenvalue weighted by Crippen LogP contribution is -2.60. The highest BCUT2D eigenvalue weighted by Crippen LogP contribution is 2.46. The minimum absolute atomic E-state index is 0.0162. The summed E-state index contributed by atoms with van der Waals surface area (Å²) in [4.78, 5) is 20.8. The SMILES string of the molecule is CN1CC2C3CN(C(=O)c4cc5cc(F)c(Cl)cc5[nH]4)CCC3NN2CC12CC2. The third-order valence-corrected chi connectivity index (χ3v) is 7.92. The summed E-state index contributed by atoms with van der Waals surface area (Å²) in [5.74, 6) is -0.0510. The number of H-pyrrole nitrogens is 1. The summed E-state index contributed by atoms with van der Waals surface area (Å²) in [6.07, 6.45) is 3.54. The molecule has 3 unspecified atom stereocenters. The number of carbonyl (C=O) groups is 1. The highest BCUT2D eigenvalue weighted by molar-refractivity contribution is 6.31. The van der Waals surface area contributed by atoms with Gasteiger partial charge in [0, 0.05) is 60.6 Å². The number of benzene rings is 1. The molecule has 154 valence electrons. The zero-order valence-electron chi connectivity index (χ0n) is 16.4. The predicted molar refractivity (Wildman–Crippen MR) is 109 cm³/mol. The maximum atomic E-state index is 13.8. The van der Waals surface area contributed by atoms with Crippen LogP contribution in [0.3, 0.4) is 0 Å². The zero-order chi connectivity index (χ0) is 19.9. The molecule has 2 N–H and O–H groups in total. The average Bonchev–Trinajstić information content (AvgIpc) is 3.23. The fourth-order valence-corrected chi connectivity index (χ4v) is 5.83. The van der Waals surface area contributed by atoms with Gasteiger partial charge >= 0.3 is 0 Å². The van der Waals surface area contributed by atoms with Crippen LogP contribution in [0.1, 0.15) is 29.8 Å². The first-order chi connectivity index (χ1) is 13.9. The van der Waals surface area contributed by atoms with Crippen molar-refractivity contribution in [1.29, 1.82) is 0 Å². The average molecular weight is 418 g/mol. The third kappa shape index (κ3) is 2.75. The number of rotatable bonds is 1. The van der Waals surface area contributed by atoms with E-state index in [-0.39, 0.29) is 10.9 Å². The fraction of sp³-hybridized carbons (Fsp3) is 0.571.